The van der Waals surface area contributed by atoms with E-state index in [-0.39, 0.29) is 12.3 Å². The molecule has 2 unspecified atom stereocenters. The number of allylic oxidation sites excluding steroid dienone is 1. The summed E-state index contributed by atoms with van der Waals surface area (Å²) in [7, 11) is 0. The molecule has 3 aromatic heterocycles. The van der Waals surface area contributed by atoms with Crippen molar-refractivity contribution in [1.82, 2.24) is 15.2 Å². The molecule has 4 heterocycles. The first-order valence-electron chi connectivity index (χ1n) is 19.7. The van der Waals surface area contributed by atoms with Gasteiger partial charge in [0.1, 0.15) is 40.5 Å². The summed E-state index contributed by atoms with van der Waals surface area (Å²) >= 11 is 0. The molecule has 6 nitrogen and oxygen atoms in total. The molecule has 0 fully saturated rings. The van der Waals surface area contributed by atoms with Crippen molar-refractivity contribution in [3.63, 3.8) is 0 Å². The Hall–Kier alpha value is -7.15. The van der Waals surface area contributed by atoms with E-state index in [0.29, 0.717) is 0 Å². The van der Waals surface area contributed by atoms with Gasteiger partial charge >= 0.3 is 0 Å². The van der Waals surface area contributed by atoms with E-state index in [2.05, 4.69) is 173 Å². The van der Waals surface area contributed by atoms with Gasteiger partial charge in [0.05, 0.1) is 5.52 Å². The molecular formula is C51H36N4O2. The molecule has 6 heteroatoms. The summed E-state index contributed by atoms with van der Waals surface area (Å²) in [6, 6.07) is 55.5. The molecule has 1 aliphatic heterocycles. The normalized spacial score (nSPS) is 16.7. The van der Waals surface area contributed by atoms with Crippen LogP contribution in [0.15, 0.2) is 178 Å². The van der Waals surface area contributed by atoms with Crippen LogP contribution in [0.5, 0.6) is 0 Å². The maximum absolute atomic E-state index is 6.67. The Labute approximate surface area is 328 Å². The lowest BCUT2D eigenvalue weighted by atomic mass is 10.00. The minimum absolute atomic E-state index is 0.105. The number of nitrogens with one attached hydrogen (secondary N) is 2. The number of furan rings is 2. The molecule has 0 spiro atoms. The van der Waals surface area contributed by atoms with Crippen molar-refractivity contribution in [1.29, 1.82) is 0 Å². The fraction of sp³-hybridized carbons (Fsp3) is 0.0784. The van der Waals surface area contributed by atoms with Gasteiger partial charge in [-0.05, 0) is 95.8 Å². The zero-order valence-electron chi connectivity index (χ0n) is 30.9. The molecule has 12 rings (SSSR count). The Kier molecular flexibility index (Phi) is 7.16. The number of aliphatic imine (C=N–C) groups is 1. The van der Waals surface area contributed by atoms with Gasteiger partial charge in [-0.15, -0.1) is 0 Å². The molecule has 0 saturated heterocycles. The summed E-state index contributed by atoms with van der Waals surface area (Å²) in [6.45, 7) is 0. The van der Waals surface area contributed by atoms with E-state index in [9.17, 15) is 0 Å². The maximum atomic E-state index is 6.67. The minimum atomic E-state index is -0.198. The van der Waals surface area contributed by atoms with Gasteiger partial charge in [0.2, 0.25) is 0 Å². The van der Waals surface area contributed by atoms with Crippen molar-refractivity contribution in [3.05, 3.63) is 192 Å². The molecular weight excluding hydrogens is 701 g/mol. The van der Waals surface area contributed by atoms with Crippen LogP contribution in [-0.4, -0.2) is 10.4 Å². The van der Waals surface area contributed by atoms with Gasteiger partial charge in [-0.25, -0.2) is 4.99 Å². The molecule has 57 heavy (non-hydrogen) atoms. The van der Waals surface area contributed by atoms with Crippen molar-refractivity contribution >= 4 is 66.7 Å². The smallest absolute Gasteiger partial charge is 0.143 e. The Bertz CT molecular complexity index is 3260. The van der Waals surface area contributed by atoms with Crippen LogP contribution >= 0.6 is 0 Å². The number of hydrogen-bond donors (Lipinski definition) is 2. The van der Waals surface area contributed by atoms with E-state index in [1.807, 2.05) is 12.1 Å². The maximum Gasteiger partial charge on any atom is 0.143 e. The molecule has 0 bridgehead atoms. The first kappa shape index (κ1) is 32.1. The summed E-state index contributed by atoms with van der Waals surface area (Å²) in [5.74, 6) is 0.838. The third kappa shape index (κ3) is 5.18. The van der Waals surface area contributed by atoms with E-state index < -0.39 is 0 Å². The van der Waals surface area contributed by atoms with Crippen LogP contribution in [0.3, 0.4) is 0 Å². The topological polar surface area (TPSA) is 67.6 Å². The predicted octanol–water partition coefficient (Wildman–Crippen LogP) is 12.4. The number of nitrogens with zero attached hydrogens (tertiary/aromatic N) is 2. The number of rotatable bonds is 5. The van der Waals surface area contributed by atoms with Crippen LogP contribution in [0.1, 0.15) is 46.7 Å². The lowest BCUT2D eigenvalue weighted by molar-refractivity contribution is 0.409. The second-order valence-corrected chi connectivity index (χ2v) is 15.1. The number of amidine groups is 1. The minimum Gasteiger partial charge on any atom is -0.456 e. The van der Waals surface area contributed by atoms with Crippen LogP contribution in [0.2, 0.25) is 0 Å². The summed E-state index contributed by atoms with van der Waals surface area (Å²) in [4.78, 5) is 5.17. The Balaban J connectivity index is 0.929. The lowest BCUT2D eigenvalue weighted by Gasteiger charge is -2.32. The highest BCUT2D eigenvalue weighted by Crippen LogP contribution is 2.41. The van der Waals surface area contributed by atoms with Crippen LogP contribution in [0, 0.1) is 0 Å². The van der Waals surface area contributed by atoms with Crippen LogP contribution in [0.25, 0.3) is 77.7 Å². The fourth-order valence-corrected chi connectivity index (χ4v) is 9.04. The van der Waals surface area contributed by atoms with Crippen molar-refractivity contribution in [2.75, 3.05) is 0 Å². The molecule has 0 saturated carbocycles. The highest BCUT2D eigenvalue weighted by Gasteiger charge is 2.26. The summed E-state index contributed by atoms with van der Waals surface area (Å²) in [6.07, 6.45) is 6.40. The van der Waals surface area contributed by atoms with E-state index in [0.717, 1.165) is 96.1 Å². The fourth-order valence-electron chi connectivity index (χ4n) is 9.04. The third-order valence-electron chi connectivity index (χ3n) is 11.8. The quantitative estimate of drug-likeness (QED) is 0.185. The Morgan fingerprint density at radius 3 is 2.23 bits per heavy atom. The van der Waals surface area contributed by atoms with Gasteiger partial charge in [0.15, 0.2) is 0 Å². The molecule has 2 N–H and O–H groups in total. The van der Waals surface area contributed by atoms with Gasteiger partial charge in [0, 0.05) is 49.4 Å². The van der Waals surface area contributed by atoms with Crippen molar-refractivity contribution in [2.45, 2.75) is 25.2 Å². The number of hydrogen-bond acceptors (Lipinski definition) is 5. The molecule has 2 atom stereocenters. The molecule has 2 aliphatic rings. The highest BCUT2D eigenvalue weighted by atomic mass is 16.3. The third-order valence-corrected chi connectivity index (χ3v) is 11.8. The summed E-state index contributed by atoms with van der Waals surface area (Å²) in [5.41, 5.74) is 13.8. The Morgan fingerprint density at radius 1 is 0.579 bits per heavy atom. The number of benzene rings is 7. The average Bonchev–Trinajstić information content (AvgIpc) is 3.95. The first-order chi connectivity index (χ1) is 28.2. The zero-order valence-corrected chi connectivity index (χ0v) is 30.9. The zero-order chi connectivity index (χ0) is 37.5. The van der Waals surface area contributed by atoms with Crippen molar-refractivity contribution < 1.29 is 8.83 Å². The van der Waals surface area contributed by atoms with E-state index in [4.69, 9.17) is 13.8 Å². The lowest BCUT2D eigenvalue weighted by Crippen LogP contribution is -2.44. The summed E-state index contributed by atoms with van der Waals surface area (Å²) < 4.78 is 15.6. The molecule has 1 aliphatic carbocycles. The number of para-hydroxylation sites is 2. The largest absolute Gasteiger partial charge is 0.456 e. The summed E-state index contributed by atoms with van der Waals surface area (Å²) in [5, 5.41) is 13.0. The Morgan fingerprint density at radius 2 is 1.33 bits per heavy atom. The standard InChI is InChI=1S/C51H36N4O2/c1-3-12-31(13-4-1)49-52-50(32-14-5-2-6-15-32)54-51(53-49)34-23-26-45-41(28-34)39-25-22-33(29-47(39)56-45)36-18-11-19-40-42-30-35(24-27-46(42)57-48(36)40)55-43-20-9-7-16-37(43)38-17-8-10-21-44(38)55/h1-7,9-16,18-30,49-50,52H,8,17H2,(H,53,54). The van der Waals surface area contributed by atoms with Gasteiger partial charge in [0.25, 0.3) is 0 Å². The van der Waals surface area contributed by atoms with Gasteiger partial charge < -0.3 is 18.7 Å². The first-order valence-corrected chi connectivity index (χ1v) is 19.7. The second kappa shape index (κ2) is 12.7. The van der Waals surface area contributed by atoms with E-state index in [1.165, 1.54) is 22.2 Å². The van der Waals surface area contributed by atoms with Crippen LogP contribution in [-0.2, 0) is 6.42 Å². The van der Waals surface area contributed by atoms with Gasteiger partial charge in [-0.3, -0.25) is 5.32 Å². The van der Waals surface area contributed by atoms with Gasteiger partial charge in [-0.1, -0.05) is 109 Å². The van der Waals surface area contributed by atoms with Crippen molar-refractivity contribution in [3.8, 4) is 16.8 Å². The van der Waals surface area contributed by atoms with Gasteiger partial charge in [-0.2, -0.15) is 0 Å². The van der Waals surface area contributed by atoms with E-state index >= 15 is 0 Å². The number of aromatic nitrogens is 1. The van der Waals surface area contributed by atoms with E-state index in [1.54, 1.807) is 0 Å². The average molecular weight is 737 g/mol. The van der Waals surface area contributed by atoms with Crippen LogP contribution in [0.4, 0.5) is 0 Å². The highest BCUT2D eigenvalue weighted by molar-refractivity contribution is 6.13. The SMILES string of the molecule is C1=Cc2c(c3ccccc3n2-c2ccc3oc4c(-c5ccc6c(c5)oc5ccc(C7=NC(c8ccccc8)NC(c8ccccc8)N7)cc56)cccc4c3c2)CC1. The monoisotopic (exact) mass is 736 g/mol. The second-order valence-electron chi connectivity index (χ2n) is 15.1. The van der Waals surface area contributed by atoms with Crippen LogP contribution < -0.4 is 10.6 Å². The molecule has 7 aromatic carbocycles. The molecule has 0 amide bonds. The molecule has 0 radical (unpaired) electrons. The molecule has 10 aromatic rings. The predicted molar refractivity (Wildman–Crippen MR) is 232 cm³/mol. The van der Waals surface area contributed by atoms with Crippen molar-refractivity contribution in [2.24, 2.45) is 4.99 Å². The number of fused-ring (bicyclic) bond motifs is 9. The number of aryl methyl sites for hydroxylation is 1. The molecule has 272 valence electrons.